The number of ether oxygens (including phenoxy) is 1. The number of carbonyl (C=O) groups excluding carboxylic acids is 2. The van der Waals surface area contributed by atoms with Crippen LogP contribution in [-0.2, 0) is 9.59 Å². The molecule has 18 heavy (non-hydrogen) atoms. The third kappa shape index (κ3) is 4.25. The van der Waals surface area contributed by atoms with Gasteiger partial charge in [-0.25, -0.2) is 0 Å². The first-order valence-corrected chi connectivity index (χ1v) is 5.67. The highest BCUT2D eigenvalue weighted by atomic mass is 35.5. The van der Waals surface area contributed by atoms with Crippen LogP contribution in [0.4, 0.5) is 0 Å². The van der Waals surface area contributed by atoms with Gasteiger partial charge in [0.1, 0.15) is 5.75 Å². The van der Waals surface area contributed by atoms with E-state index >= 15 is 0 Å². The van der Waals surface area contributed by atoms with Gasteiger partial charge < -0.3 is 20.0 Å². The van der Waals surface area contributed by atoms with Gasteiger partial charge in [0.05, 0.1) is 12.0 Å². The summed E-state index contributed by atoms with van der Waals surface area (Å²) in [6.07, 6.45) is 0. The predicted molar refractivity (Wildman–Crippen MR) is 64.3 cm³/mol. The Bertz CT molecular complexity index is 461. The zero-order valence-corrected chi connectivity index (χ0v) is 10.8. The highest BCUT2D eigenvalue weighted by Gasteiger charge is 2.09. The smallest absolute Gasteiger partial charge is 0.258 e. The summed E-state index contributed by atoms with van der Waals surface area (Å²) >= 11 is 5.78. The van der Waals surface area contributed by atoms with Gasteiger partial charge in [0.25, 0.3) is 5.91 Å². The molecule has 0 spiro atoms. The second kappa shape index (κ2) is 6.26. The van der Waals surface area contributed by atoms with Crippen molar-refractivity contribution in [1.82, 2.24) is 5.32 Å². The molecule has 0 fully saturated rings. The van der Waals surface area contributed by atoms with Crippen LogP contribution in [0.25, 0.3) is 0 Å². The van der Waals surface area contributed by atoms with Crippen LogP contribution in [0.5, 0.6) is 5.75 Å². The fourth-order valence-corrected chi connectivity index (χ4v) is 1.49. The van der Waals surface area contributed by atoms with Gasteiger partial charge in [-0.1, -0.05) is 11.6 Å². The molecular weight excluding hydrogens is 258 g/mol. The van der Waals surface area contributed by atoms with Gasteiger partial charge in [0.15, 0.2) is 6.61 Å². The van der Waals surface area contributed by atoms with Crippen LogP contribution in [0, 0.1) is 6.92 Å². The minimum atomic E-state index is -1.34. The summed E-state index contributed by atoms with van der Waals surface area (Å²) in [6.45, 7) is 2.85. The SMILES string of the molecule is Cc1cc(Cl)ccc1OCC(=O)N[C@H](C)C(=O)[O-]. The van der Waals surface area contributed by atoms with E-state index in [1.165, 1.54) is 6.92 Å². The van der Waals surface area contributed by atoms with Crippen molar-refractivity contribution < 1.29 is 19.4 Å². The van der Waals surface area contributed by atoms with Gasteiger partial charge in [-0.3, -0.25) is 4.79 Å². The maximum Gasteiger partial charge on any atom is 0.258 e. The molecule has 0 radical (unpaired) electrons. The lowest BCUT2D eigenvalue weighted by molar-refractivity contribution is -0.307. The lowest BCUT2D eigenvalue weighted by Gasteiger charge is -2.15. The molecule has 5 nitrogen and oxygen atoms in total. The molecule has 1 aromatic rings. The van der Waals surface area contributed by atoms with Crippen LogP contribution >= 0.6 is 11.6 Å². The molecule has 1 rings (SSSR count). The predicted octanol–water partition coefficient (Wildman–Crippen LogP) is 0.282. The minimum absolute atomic E-state index is 0.264. The third-order valence-electron chi connectivity index (χ3n) is 2.23. The Labute approximate surface area is 110 Å². The van der Waals surface area contributed by atoms with Crippen LogP contribution in [0.1, 0.15) is 12.5 Å². The molecule has 1 amide bonds. The summed E-state index contributed by atoms with van der Waals surface area (Å²) in [5.41, 5.74) is 0.795. The van der Waals surface area contributed by atoms with E-state index in [2.05, 4.69) is 5.32 Å². The molecule has 6 heteroatoms. The van der Waals surface area contributed by atoms with Crippen molar-refractivity contribution in [3.8, 4) is 5.75 Å². The maximum atomic E-state index is 11.4. The number of aryl methyl sites for hydroxylation is 1. The van der Waals surface area contributed by atoms with Crippen LogP contribution in [-0.4, -0.2) is 24.5 Å². The Kier molecular flexibility index (Phi) is 4.97. The van der Waals surface area contributed by atoms with E-state index in [1.54, 1.807) is 25.1 Å². The molecular formula is C12H13ClNO4-. The molecule has 0 aromatic heterocycles. The number of aliphatic carboxylic acids is 1. The molecule has 0 aliphatic carbocycles. The standard InChI is InChI=1S/C12H14ClNO4/c1-7-5-9(13)3-4-10(7)18-6-11(15)14-8(2)12(16)17/h3-5,8H,6H2,1-2H3,(H,14,15)(H,16,17)/p-1/t8-/m1/s1. The van der Waals surface area contributed by atoms with E-state index in [4.69, 9.17) is 16.3 Å². The quantitative estimate of drug-likeness (QED) is 0.834. The van der Waals surface area contributed by atoms with Gasteiger partial charge in [0.2, 0.25) is 0 Å². The average molecular weight is 271 g/mol. The van der Waals surface area contributed by atoms with Gasteiger partial charge >= 0.3 is 0 Å². The van der Waals surface area contributed by atoms with E-state index in [0.717, 1.165) is 5.56 Å². The first-order chi connectivity index (χ1) is 8.40. The second-order valence-electron chi connectivity index (χ2n) is 3.81. The van der Waals surface area contributed by atoms with Crippen LogP contribution in [0.15, 0.2) is 18.2 Å². The molecule has 0 bridgehead atoms. The number of benzene rings is 1. The van der Waals surface area contributed by atoms with Crippen LogP contribution < -0.4 is 15.2 Å². The number of hydrogen-bond acceptors (Lipinski definition) is 4. The molecule has 0 saturated carbocycles. The molecule has 0 aliphatic rings. The maximum absolute atomic E-state index is 11.4. The Morgan fingerprint density at radius 1 is 1.50 bits per heavy atom. The summed E-state index contributed by atoms with van der Waals surface area (Å²) in [5, 5.41) is 13.2. The number of carboxylic acid groups (broad SMARTS) is 1. The number of carboxylic acids is 1. The van der Waals surface area contributed by atoms with E-state index in [0.29, 0.717) is 10.8 Å². The fraction of sp³-hybridized carbons (Fsp3) is 0.333. The minimum Gasteiger partial charge on any atom is -0.548 e. The number of nitrogens with one attached hydrogen (secondary N) is 1. The Balaban J connectivity index is 2.50. The second-order valence-corrected chi connectivity index (χ2v) is 4.24. The van der Waals surface area contributed by atoms with E-state index in [-0.39, 0.29) is 6.61 Å². The third-order valence-corrected chi connectivity index (χ3v) is 2.46. The largest absolute Gasteiger partial charge is 0.548 e. The zero-order chi connectivity index (χ0) is 13.7. The van der Waals surface area contributed by atoms with E-state index in [1.807, 2.05) is 0 Å². The van der Waals surface area contributed by atoms with Crippen molar-refractivity contribution in [3.63, 3.8) is 0 Å². The lowest BCUT2D eigenvalue weighted by Crippen LogP contribution is -2.47. The van der Waals surface area contributed by atoms with E-state index < -0.39 is 17.9 Å². The molecule has 1 N–H and O–H groups in total. The number of carbonyl (C=O) groups is 2. The summed E-state index contributed by atoms with van der Waals surface area (Å²) < 4.78 is 5.25. The summed E-state index contributed by atoms with van der Waals surface area (Å²) in [6, 6.07) is 3.95. The van der Waals surface area contributed by atoms with Crippen molar-refractivity contribution in [2.75, 3.05) is 6.61 Å². The number of halogens is 1. The van der Waals surface area contributed by atoms with Gasteiger partial charge in [-0.2, -0.15) is 0 Å². The molecule has 0 unspecified atom stereocenters. The topological polar surface area (TPSA) is 78.5 Å². The lowest BCUT2D eigenvalue weighted by atomic mass is 10.2. The first-order valence-electron chi connectivity index (χ1n) is 5.29. The monoisotopic (exact) mass is 270 g/mol. The fourth-order valence-electron chi connectivity index (χ4n) is 1.26. The zero-order valence-electron chi connectivity index (χ0n) is 10.0. The van der Waals surface area contributed by atoms with Crippen LogP contribution in [0.2, 0.25) is 5.02 Å². The summed E-state index contributed by atoms with van der Waals surface area (Å²) in [5.74, 6) is -1.34. The van der Waals surface area contributed by atoms with Crippen molar-refractivity contribution in [2.45, 2.75) is 19.9 Å². The molecule has 98 valence electrons. The normalized spacial score (nSPS) is 11.7. The van der Waals surface area contributed by atoms with Gasteiger partial charge in [-0.15, -0.1) is 0 Å². The Morgan fingerprint density at radius 3 is 2.72 bits per heavy atom. The highest BCUT2D eigenvalue weighted by molar-refractivity contribution is 6.30. The summed E-state index contributed by atoms with van der Waals surface area (Å²) in [7, 11) is 0. The van der Waals surface area contributed by atoms with Gasteiger partial charge in [-0.05, 0) is 37.6 Å². The van der Waals surface area contributed by atoms with Crippen molar-refractivity contribution >= 4 is 23.5 Å². The van der Waals surface area contributed by atoms with Crippen molar-refractivity contribution in [3.05, 3.63) is 28.8 Å². The van der Waals surface area contributed by atoms with Gasteiger partial charge in [0, 0.05) is 5.02 Å². The van der Waals surface area contributed by atoms with Crippen molar-refractivity contribution in [1.29, 1.82) is 0 Å². The Morgan fingerprint density at radius 2 is 2.17 bits per heavy atom. The highest BCUT2D eigenvalue weighted by Crippen LogP contribution is 2.21. The number of amides is 1. The van der Waals surface area contributed by atoms with Crippen molar-refractivity contribution in [2.24, 2.45) is 0 Å². The molecule has 0 aliphatic heterocycles. The number of rotatable bonds is 5. The van der Waals surface area contributed by atoms with Crippen LogP contribution in [0.3, 0.4) is 0 Å². The molecule has 1 atom stereocenters. The molecule has 0 heterocycles. The Hall–Kier alpha value is -1.75. The average Bonchev–Trinajstić information content (AvgIpc) is 2.27. The first kappa shape index (κ1) is 14.3. The van der Waals surface area contributed by atoms with E-state index in [9.17, 15) is 14.7 Å². The molecule has 0 saturated heterocycles. The number of hydrogen-bond donors (Lipinski definition) is 1. The molecule has 1 aromatic carbocycles. The summed E-state index contributed by atoms with van der Waals surface area (Å²) in [4.78, 5) is 21.8.